The number of methoxy groups -OCH3 is 1. The topological polar surface area (TPSA) is 74.8 Å². The van der Waals surface area contributed by atoms with E-state index in [0.717, 1.165) is 106 Å². The van der Waals surface area contributed by atoms with Gasteiger partial charge in [-0.1, -0.05) is 90.1 Å². The lowest BCUT2D eigenvalue weighted by molar-refractivity contribution is -0.110. The van der Waals surface area contributed by atoms with Crippen LogP contribution < -0.4 is 26.5 Å². The average Bonchev–Trinajstić information content (AvgIpc) is 3.08. The summed E-state index contributed by atoms with van der Waals surface area (Å²) in [6.07, 6.45) is 8.57. The fraction of sp³-hybridized carbons (Fsp3) is 0.467. The Hall–Kier alpha value is -4.32. The third-order valence-corrected chi connectivity index (χ3v) is 13.2. The van der Waals surface area contributed by atoms with Crippen LogP contribution in [0.3, 0.4) is 0 Å². The summed E-state index contributed by atoms with van der Waals surface area (Å²) in [6.45, 7) is 14.2. The molecule has 6 heteroatoms. The first-order valence-corrected chi connectivity index (χ1v) is 19.2. The summed E-state index contributed by atoms with van der Waals surface area (Å²) in [6, 6.07) is 21.4. The zero-order valence-corrected chi connectivity index (χ0v) is 31.3. The lowest BCUT2D eigenvalue weighted by Crippen LogP contribution is -2.51. The number of nitrogens with zero attached hydrogens (tertiary/aromatic N) is 1. The van der Waals surface area contributed by atoms with Crippen molar-refractivity contribution in [1.82, 2.24) is 0 Å². The minimum absolute atomic E-state index is 0.0260. The molecule has 0 aromatic heterocycles. The van der Waals surface area contributed by atoms with E-state index in [0.29, 0.717) is 34.2 Å². The van der Waals surface area contributed by atoms with Gasteiger partial charge in [0.05, 0.1) is 29.3 Å². The van der Waals surface area contributed by atoms with Gasteiger partial charge >= 0.3 is 0 Å². The van der Waals surface area contributed by atoms with Crippen molar-refractivity contribution in [3.63, 3.8) is 0 Å². The second kappa shape index (κ2) is 11.1. The van der Waals surface area contributed by atoms with Gasteiger partial charge in [-0.15, -0.1) is 0 Å². The Morgan fingerprint density at radius 3 is 1.90 bits per heavy atom. The van der Waals surface area contributed by atoms with Crippen molar-refractivity contribution in [2.45, 2.75) is 104 Å². The first kappa shape index (κ1) is 32.6. The van der Waals surface area contributed by atoms with Gasteiger partial charge in [0.15, 0.2) is 0 Å². The van der Waals surface area contributed by atoms with Crippen LogP contribution in [0.2, 0.25) is 0 Å². The molecule has 0 radical (unpaired) electrons. The fourth-order valence-electron chi connectivity index (χ4n) is 10.1. The van der Waals surface area contributed by atoms with E-state index in [1.54, 1.807) is 7.11 Å². The highest BCUT2D eigenvalue weighted by atomic mass is 16.5. The van der Waals surface area contributed by atoms with Crippen LogP contribution >= 0.6 is 0 Å². The van der Waals surface area contributed by atoms with E-state index in [9.17, 15) is 4.79 Å². The standard InChI is InChI=1S/C45H52N4O2/c1-42(2,3)28-18-22-44(23-19-28)46-32-12-8-10-26-14-16-30(38(48-44)34(26)32)36-40(50)37(41(36)51-7)31-17-15-27-11-9-13-33-35(27)39(31)49-45(47-33)24-20-29(21-25-45)43(4,5)6/h8-17,28-29,46-48H,18-25H2,1-7H3. The molecule has 2 saturated carbocycles. The molecule has 9 rings (SSSR count). The predicted molar refractivity (Wildman–Crippen MR) is 210 cm³/mol. The minimum Gasteiger partial charge on any atom is -0.495 e. The molecule has 0 bridgehead atoms. The molecular weight excluding hydrogens is 629 g/mol. The SMILES string of the molecule is COC1=C(c2ccc3cccc4c3c2NC2(CCC(C(C)(C)C)CC2)N4)C(=O)C1=c1ccc2cccc3c2c1=NC1(CCC(C(C)(C)C)CC1)N3. The molecule has 4 aromatic carbocycles. The number of carbonyl (C=O) groups is 1. The van der Waals surface area contributed by atoms with E-state index >= 15 is 0 Å². The Morgan fingerprint density at radius 2 is 1.27 bits per heavy atom. The third-order valence-electron chi connectivity index (χ3n) is 13.2. The number of allylic oxidation sites excluding steroid dienone is 2. The second-order valence-corrected chi connectivity index (χ2v) is 18.3. The molecule has 5 aliphatic rings. The number of hydrogen-bond acceptors (Lipinski definition) is 6. The van der Waals surface area contributed by atoms with Crippen LogP contribution in [0.1, 0.15) is 98.5 Å². The maximum Gasteiger partial charge on any atom is 0.201 e. The average molecular weight is 681 g/mol. The molecule has 0 saturated heterocycles. The lowest BCUT2D eigenvalue weighted by Gasteiger charge is -2.48. The summed E-state index contributed by atoms with van der Waals surface area (Å²) in [4.78, 5) is 20.3. The van der Waals surface area contributed by atoms with E-state index in [2.05, 4.69) is 118 Å². The van der Waals surface area contributed by atoms with Gasteiger partial charge in [0.25, 0.3) is 0 Å². The predicted octanol–water partition coefficient (Wildman–Crippen LogP) is 9.53. The summed E-state index contributed by atoms with van der Waals surface area (Å²) >= 11 is 0. The smallest absolute Gasteiger partial charge is 0.201 e. The summed E-state index contributed by atoms with van der Waals surface area (Å²) < 4.78 is 6.21. The normalized spacial score (nSPS) is 28.3. The van der Waals surface area contributed by atoms with Crippen LogP contribution in [-0.4, -0.2) is 24.2 Å². The van der Waals surface area contributed by atoms with Gasteiger partial charge in [-0.25, -0.2) is 0 Å². The summed E-state index contributed by atoms with van der Waals surface area (Å²) in [5.41, 5.74) is 5.44. The number of rotatable bonds is 2. The first-order valence-electron chi connectivity index (χ1n) is 19.2. The Balaban J connectivity index is 1.19. The molecule has 4 aromatic rings. The maximum absolute atomic E-state index is 14.7. The van der Waals surface area contributed by atoms with Gasteiger partial charge in [-0.2, -0.15) is 0 Å². The summed E-state index contributed by atoms with van der Waals surface area (Å²) in [5, 5.41) is 18.2. The highest BCUT2D eigenvalue weighted by molar-refractivity contribution is 6.52. The molecule has 6 nitrogen and oxygen atoms in total. The van der Waals surface area contributed by atoms with Crippen LogP contribution in [0, 0.1) is 22.7 Å². The van der Waals surface area contributed by atoms with Crippen LogP contribution in [0.25, 0.3) is 32.7 Å². The van der Waals surface area contributed by atoms with Gasteiger partial charge in [0.2, 0.25) is 5.78 Å². The molecule has 2 aliphatic heterocycles. The van der Waals surface area contributed by atoms with E-state index in [-0.39, 0.29) is 22.5 Å². The van der Waals surface area contributed by atoms with Crippen LogP contribution in [0.15, 0.2) is 71.4 Å². The molecule has 0 amide bonds. The van der Waals surface area contributed by atoms with Gasteiger partial charge in [-0.3, -0.25) is 9.79 Å². The first-order chi connectivity index (χ1) is 24.3. The van der Waals surface area contributed by atoms with Crippen LogP contribution in [0.5, 0.6) is 0 Å². The van der Waals surface area contributed by atoms with Crippen molar-refractivity contribution in [1.29, 1.82) is 0 Å². The maximum atomic E-state index is 14.7. The number of ketones is 1. The van der Waals surface area contributed by atoms with Crippen molar-refractivity contribution in [2.24, 2.45) is 27.7 Å². The Morgan fingerprint density at radius 1 is 0.686 bits per heavy atom. The summed E-state index contributed by atoms with van der Waals surface area (Å²) in [7, 11) is 1.70. The molecule has 0 unspecified atom stereocenters. The highest BCUT2D eigenvalue weighted by Gasteiger charge is 2.45. The lowest BCUT2D eigenvalue weighted by atomic mass is 9.69. The van der Waals surface area contributed by atoms with E-state index in [4.69, 9.17) is 9.73 Å². The molecule has 264 valence electrons. The van der Waals surface area contributed by atoms with Crippen molar-refractivity contribution in [3.8, 4) is 0 Å². The van der Waals surface area contributed by atoms with E-state index in [1.165, 1.54) is 0 Å². The van der Waals surface area contributed by atoms with Crippen LogP contribution in [-0.2, 0) is 9.53 Å². The number of carbonyl (C=O) groups excluding carboxylic acids is 1. The number of ether oxygens (including phenoxy) is 1. The molecule has 2 fully saturated rings. The quantitative estimate of drug-likeness (QED) is 0.197. The Labute approximate surface area is 301 Å². The molecule has 51 heavy (non-hydrogen) atoms. The molecule has 0 atom stereocenters. The Bertz CT molecular complexity index is 2290. The Kier molecular flexibility index (Phi) is 7.08. The van der Waals surface area contributed by atoms with Gasteiger partial charge in [0.1, 0.15) is 17.1 Å². The van der Waals surface area contributed by atoms with Crippen molar-refractivity contribution < 1.29 is 9.53 Å². The van der Waals surface area contributed by atoms with Crippen molar-refractivity contribution in [3.05, 3.63) is 82.6 Å². The largest absolute Gasteiger partial charge is 0.495 e. The van der Waals surface area contributed by atoms with Crippen LogP contribution in [0.4, 0.5) is 17.1 Å². The van der Waals surface area contributed by atoms with Gasteiger partial charge < -0.3 is 20.7 Å². The molecule has 2 spiro atoms. The number of hydrogen-bond donors (Lipinski definition) is 3. The third kappa shape index (κ3) is 5.03. The van der Waals surface area contributed by atoms with Crippen molar-refractivity contribution in [2.75, 3.05) is 23.1 Å². The number of benzene rings is 4. The molecule has 2 heterocycles. The highest BCUT2D eigenvalue weighted by Crippen LogP contribution is 2.51. The number of nitrogens with one attached hydrogen (secondary N) is 3. The van der Waals surface area contributed by atoms with Gasteiger partial charge in [0, 0.05) is 32.9 Å². The summed E-state index contributed by atoms with van der Waals surface area (Å²) in [5.74, 6) is 2.04. The molecular formula is C45H52N4O2. The number of Topliss-reactive ketones (excluding diaryl/α,β-unsaturated/α-hetero) is 1. The second-order valence-electron chi connectivity index (χ2n) is 18.3. The monoisotopic (exact) mass is 680 g/mol. The zero-order valence-electron chi connectivity index (χ0n) is 31.3. The fourth-order valence-corrected chi connectivity index (χ4v) is 10.1. The molecule has 3 aliphatic carbocycles. The molecule has 3 N–H and O–H groups in total. The van der Waals surface area contributed by atoms with E-state index in [1.807, 2.05) is 0 Å². The number of anilines is 3. The van der Waals surface area contributed by atoms with Gasteiger partial charge in [-0.05, 0) is 96.9 Å². The van der Waals surface area contributed by atoms with Crippen molar-refractivity contribution >= 4 is 55.5 Å². The zero-order chi connectivity index (χ0) is 35.5. The minimum atomic E-state index is -0.373. The van der Waals surface area contributed by atoms with E-state index < -0.39 is 0 Å².